The summed E-state index contributed by atoms with van der Waals surface area (Å²) < 4.78 is 4.76. The van der Waals surface area contributed by atoms with Crippen molar-refractivity contribution in [2.45, 2.75) is 0 Å². The van der Waals surface area contributed by atoms with Gasteiger partial charge in [-0.15, -0.1) is 0 Å². The Hall–Kier alpha value is -2.17. The van der Waals surface area contributed by atoms with E-state index in [1.165, 1.54) is 12.3 Å². The van der Waals surface area contributed by atoms with E-state index >= 15 is 0 Å². The number of hydrogen-bond acceptors (Lipinski definition) is 4. The fourth-order valence-corrected chi connectivity index (χ4v) is 1.10. The highest BCUT2D eigenvalue weighted by Gasteiger charge is 2.11. The molecular formula is C9H5NO4. The Balaban J connectivity index is 2.84. The summed E-state index contributed by atoms with van der Waals surface area (Å²) in [5.74, 6) is -1.31. The third kappa shape index (κ3) is 1.24. The van der Waals surface area contributed by atoms with Crippen LogP contribution in [0.1, 0.15) is 10.4 Å². The maximum atomic E-state index is 11.1. The molecular weight excluding hydrogens is 186 g/mol. The molecule has 0 unspecified atom stereocenters. The Morgan fingerprint density at radius 2 is 2.29 bits per heavy atom. The Kier molecular flexibility index (Phi) is 1.78. The van der Waals surface area contributed by atoms with Gasteiger partial charge in [0.1, 0.15) is 11.1 Å². The van der Waals surface area contributed by atoms with Crippen LogP contribution in [0, 0.1) is 0 Å². The average molecular weight is 191 g/mol. The van der Waals surface area contributed by atoms with E-state index in [2.05, 4.69) is 4.98 Å². The number of carboxylic acids is 1. The van der Waals surface area contributed by atoms with Gasteiger partial charge in [-0.2, -0.15) is 0 Å². The third-order valence-electron chi connectivity index (χ3n) is 1.73. The third-order valence-corrected chi connectivity index (χ3v) is 1.73. The van der Waals surface area contributed by atoms with Crippen molar-refractivity contribution < 1.29 is 14.3 Å². The number of hydrogen-bond donors (Lipinski definition) is 1. The smallest absolute Gasteiger partial charge is 0.351 e. The van der Waals surface area contributed by atoms with Gasteiger partial charge in [0.25, 0.3) is 0 Å². The molecule has 0 bridgehead atoms. The number of aromatic nitrogens is 1. The molecule has 0 saturated heterocycles. The van der Waals surface area contributed by atoms with Crippen LogP contribution in [0.4, 0.5) is 0 Å². The van der Waals surface area contributed by atoms with Crippen molar-refractivity contribution in [1.29, 1.82) is 0 Å². The van der Waals surface area contributed by atoms with Crippen LogP contribution in [-0.2, 0) is 0 Å². The summed E-state index contributed by atoms with van der Waals surface area (Å²) in [6.07, 6.45) is 1.49. The zero-order valence-electron chi connectivity index (χ0n) is 6.93. The van der Waals surface area contributed by atoms with Gasteiger partial charge in [0.2, 0.25) is 0 Å². The molecule has 0 amide bonds. The van der Waals surface area contributed by atoms with Crippen LogP contribution < -0.4 is 5.63 Å². The predicted octanol–water partition coefficient (Wildman–Crippen LogP) is 0.886. The van der Waals surface area contributed by atoms with Gasteiger partial charge < -0.3 is 9.52 Å². The first-order chi connectivity index (χ1) is 6.68. The van der Waals surface area contributed by atoms with Crippen LogP contribution in [-0.4, -0.2) is 16.1 Å². The zero-order valence-corrected chi connectivity index (χ0v) is 6.93. The lowest BCUT2D eigenvalue weighted by molar-refractivity contribution is 0.0692. The van der Waals surface area contributed by atoms with Crippen LogP contribution in [0.2, 0.25) is 0 Å². The molecule has 5 nitrogen and oxygen atoms in total. The second kappa shape index (κ2) is 2.95. The molecule has 5 heteroatoms. The molecule has 70 valence electrons. The first-order valence-corrected chi connectivity index (χ1v) is 3.80. The lowest BCUT2D eigenvalue weighted by Crippen LogP contribution is -2.13. The monoisotopic (exact) mass is 191 g/mol. The number of pyridine rings is 1. The van der Waals surface area contributed by atoms with E-state index in [9.17, 15) is 9.59 Å². The fraction of sp³-hybridized carbons (Fsp3) is 0. The Labute approximate surface area is 77.6 Å². The lowest BCUT2D eigenvalue weighted by Gasteiger charge is -1.95. The number of nitrogens with zero attached hydrogens (tertiary/aromatic N) is 1. The summed E-state index contributed by atoms with van der Waals surface area (Å²) in [6.45, 7) is 0. The van der Waals surface area contributed by atoms with Gasteiger partial charge in [-0.1, -0.05) is 0 Å². The highest BCUT2D eigenvalue weighted by Crippen LogP contribution is 2.09. The van der Waals surface area contributed by atoms with Crippen molar-refractivity contribution >= 4 is 17.1 Å². The first-order valence-electron chi connectivity index (χ1n) is 3.80. The van der Waals surface area contributed by atoms with Gasteiger partial charge in [0.05, 0.1) is 0 Å². The van der Waals surface area contributed by atoms with Crippen molar-refractivity contribution in [2.75, 3.05) is 0 Å². The van der Waals surface area contributed by atoms with Crippen LogP contribution >= 0.6 is 0 Å². The maximum Gasteiger partial charge on any atom is 0.351 e. The Bertz CT molecular complexity index is 558. The summed E-state index contributed by atoms with van der Waals surface area (Å²) in [6, 6.07) is 4.35. The van der Waals surface area contributed by atoms with Gasteiger partial charge in [0, 0.05) is 6.20 Å². The van der Waals surface area contributed by atoms with Gasteiger partial charge >= 0.3 is 11.6 Å². The molecule has 0 aliphatic rings. The minimum absolute atomic E-state index is 0.280. The number of fused-ring (bicyclic) bond motifs is 1. The zero-order chi connectivity index (χ0) is 10.1. The van der Waals surface area contributed by atoms with Crippen molar-refractivity contribution in [1.82, 2.24) is 4.98 Å². The van der Waals surface area contributed by atoms with Gasteiger partial charge in [-0.25, -0.2) is 9.59 Å². The SMILES string of the molecule is O=C(O)c1cc2ncccc2oc1=O. The highest BCUT2D eigenvalue weighted by atomic mass is 16.4. The van der Waals surface area contributed by atoms with E-state index in [0.717, 1.165) is 0 Å². The summed E-state index contributed by atoms with van der Waals surface area (Å²) in [5.41, 5.74) is -0.638. The lowest BCUT2D eigenvalue weighted by atomic mass is 10.2. The number of aromatic carboxylic acids is 1. The molecule has 0 fully saturated rings. The van der Waals surface area contributed by atoms with Crippen LogP contribution in [0.3, 0.4) is 0 Å². The Morgan fingerprint density at radius 3 is 3.00 bits per heavy atom. The molecule has 14 heavy (non-hydrogen) atoms. The summed E-state index contributed by atoms with van der Waals surface area (Å²) in [5, 5.41) is 8.64. The minimum Gasteiger partial charge on any atom is -0.477 e. The molecule has 2 aromatic heterocycles. The summed E-state index contributed by atoms with van der Waals surface area (Å²) in [4.78, 5) is 25.5. The number of carbonyl (C=O) groups is 1. The average Bonchev–Trinajstić information content (AvgIpc) is 2.16. The molecule has 0 aromatic carbocycles. The van der Waals surface area contributed by atoms with Crippen molar-refractivity contribution in [3.05, 3.63) is 40.4 Å². The van der Waals surface area contributed by atoms with E-state index in [1.807, 2.05) is 0 Å². The molecule has 0 aliphatic carbocycles. The molecule has 2 aromatic rings. The standard InChI is InChI=1S/C9H5NO4/c11-8(12)5-4-6-7(14-9(5)13)2-1-3-10-6/h1-4H,(H,11,12). The quantitative estimate of drug-likeness (QED) is 0.723. The molecule has 0 atom stereocenters. The molecule has 2 heterocycles. The van der Waals surface area contributed by atoms with Gasteiger partial charge in [-0.05, 0) is 18.2 Å². The summed E-state index contributed by atoms with van der Waals surface area (Å²) >= 11 is 0. The van der Waals surface area contributed by atoms with Gasteiger partial charge in [-0.3, -0.25) is 4.98 Å². The van der Waals surface area contributed by atoms with E-state index in [4.69, 9.17) is 9.52 Å². The minimum atomic E-state index is -1.31. The van der Waals surface area contributed by atoms with E-state index in [0.29, 0.717) is 5.52 Å². The van der Waals surface area contributed by atoms with E-state index < -0.39 is 17.2 Å². The summed E-state index contributed by atoms with van der Waals surface area (Å²) in [7, 11) is 0. The first kappa shape index (κ1) is 8.43. The van der Waals surface area contributed by atoms with Crippen molar-refractivity contribution in [2.24, 2.45) is 0 Å². The topological polar surface area (TPSA) is 80.4 Å². The van der Waals surface area contributed by atoms with Crippen molar-refractivity contribution in [3.63, 3.8) is 0 Å². The van der Waals surface area contributed by atoms with Crippen LogP contribution in [0.5, 0.6) is 0 Å². The fourth-order valence-electron chi connectivity index (χ4n) is 1.10. The maximum absolute atomic E-state index is 11.1. The number of rotatable bonds is 1. The molecule has 2 rings (SSSR count). The normalized spacial score (nSPS) is 10.3. The molecule has 1 N–H and O–H groups in total. The Morgan fingerprint density at radius 1 is 1.50 bits per heavy atom. The molecule has 0 aliphatic heterocycles. The molecule has 0 saturated carbocycles. The largest absolute Gasteiger partial charge is 0.477 e. The molecule has 0 radical (unpaired) electrons. The van der Waals surface area contributed by atoms with Crippen LogP contribution in [0.25, 0.3) is 11.1 Å². The van der Waals surface area contributed by atoms with Gasteiger partial charge in [0.15, 0.2) is 5.58 Å². The van der Waals surface area contributed by atoms with Crippen molar-refractivity contribution in [3.8, 4) is 0 Å². The van der Waals surface area contributed by atoms with E-state index in [-0.39, 0.29) is 5.58 Å². The predicted molar refractivity (Wildman–Crippen MR) is 47.2 cm³/mol. The second-order valence-electron chi connectivity index (χ2n) is 2.64. The molecule has 0 spiro atoms. The highest BCUT2D eigenvalue weighted by molar-refractivity contribution is 5.90. The van der Waals surface area contributed by atoms with Crippen LogP contribution in [0.15, 0.2) is 33.6 Å². The number of carboxylic acid groups (broad SMARTS) is 1. The van der Waals surface area contributed by atoms with E-state index in [1.54, 1.807) is 12.1 Å². The second-order valence-corrected chi connectivity index (χ2v) is 2.64.